The van der Waals surface area contributed by atoms with Crippen LogP contribution in [0, 0.1) is 0 Å². The maximum atomic E-state index is 12.8. The number of ether oxygens (including phenoxy) is 1. The molecular weight excluding hydrogens is 286 g/mol. The Hall–Kier alpha value is -1.06. The quantitative estimate of drug-likeness (QED) is 0.801. The van der Waals surface area contributed by atoms with Gasteiger partial charge in [-0.15, -0.1) is 0 Å². The predicted octanol–water partition coefficient (Wildman–Crippen LogP) is 4.19. The number of hydrogen-bond acceptors (Lipinski definition) is 3. The maximum absolute atomic E-state index is 12.8. The Bertz CT molecular complexity index is 508. The van der Waals surface area contributed by atoms with E-state index >= 15 is 0 Å². The Morgan fingerprint density at radius 1 is 1.48 bits per heavy atom. The third-order valence-electron chi connectivity index (χ3n) is 3.80. The molecule has 1 unspecified atom stereocenters. The lowest BCUT2D eigenvalue weighted by atomic mass is 9.94. The van der Waals surface area contributed by atoms with Crippen LogP contribution in [0.5, 0.6) is 5.75 Å². The summed E-state index contributed by atoms with van der Waals surface area (Å²) >= 11 is 6.22. The first-order valence-electron chi connectivity index (χ1n) is 7.78. The molecule has 21 heavy (non-hydrogen) atoms. The summed E-state index contributed by atoms with van der Waals surface area (Å²) in [6, 6.07) is 3.56. The number of carbonyl (C=O) groups is 1. The van der Waals surface area contributed by atoms with Gasteiger partial charge in [-0.1, -0.05) is 32.4 Å². The molecule has 1 aromatic carbocycles. The van der Waals surface area contributed by atoms with Crippen molar-refractivity contribution in [2.75, 3.05) is 13.2 Å². The molecule has 1 aliphatic rings. The lowest BCUT2D eigenvalue weighted by Crippen LogP contribution is -2.31. The van der Waals surface area contributed by atoms with Crippen molar-refractivity contribution in [3.63, 3.8) is 0 Å². The number of Topliss-reactive ketones (excluding diaryl/α,β-unsaturated/α-hetero) is 1. The van der Waals surface area contributed by atoms with E-state index in [1.54, 1.807) is 6.07 Å². The average Bonchev–Trinajstić information content (AvgIpc) is 2.98. The second kappa shape index (κ2) is 7.28. The van der Waals surface area contributed by atoms with Crippen molar-refractivity contribution < 1.29 is 9.53 Å². The lowest BCUT2D eigenvalue weighted by Gasteiger charge is -2.19. The zero-order valence-electron chi connectivity index (χ0n) is 13.0. The van der Waals surface area contributed by atoms with E-state index in [1.807, 2.05) is 6.07 Å². The topological polar surface area (TPSA) is 38.3 Å². The van der Waals surface area contributed by atoms with Crippen molar-refractivity contribution in [2.45, 2.75) is 52.0 Å². The molecule has 0 amide bonds. The van der Waals surface area contributed by atoms with Gasteiger partial charge in [-0.2, -0.15) is 0 Å². The zero-order valence-corrected chi connectivity index (χ0v) is 13.8. The van der Waals surface area contributed by atoms with Gasteiger partial charge < -0.3 is 10.1 Å². The van der Waals surface area contributed by atoms with Crippen molar-refractivity contribution in [2.24, 2.45) is 0 Å². The fraction of sp³-hybridized carbons (Fsp3) is 0.588. The molecule has 0 aliphatic carbocycles. The van der Waals surface area contributed by atoms with Crippen LogP contribution in [0.3, 0.4) is 0 Å². The summed E-state index contributed by atoms with van der Waals surface area (Å²) in [6.07, 6.45) is 2.84. The Labute approximate surface area is 132 Å². The van der Waals surface area contributed by atoms with Gasteiger partial charge in [-0.3, -0.25) is 4.79 Å². The molecule has 4 heteroatoms. The number of ketones is 1. The van der Waals surface area contributed by atoms with Crippen LogP contribution in [0.1, 0.15) is 61.9 Å². The van der Waals surface area contributed by atoms with Gasteiger partial charge in [0, 0.05) is 5.02 Å². The molecule has 1 fully saturated rings. The average molecular weight is 310 g/mol. The molecule has 1 aromatic rings. The second-order valence-electron chi connectivity index (χ2n) is 5.89. The third-order valence-corrected chi connectivity index (χ3v) is 4.02. The first kappa shape index (κ1) is 16.3. The van der Waals surface area contributed by atoms with E-state index in [4.69, 9.17) is 16.3 Å². The molecule has 0 radical (unpaired) electrons. The van der Waals surface area contributed by atoms with Gasteiger partial charge in [0.1, 0.15) is 5.75 Å². The van der Waals surface area contributed by atoms with Crippen molar-refractivity contribution in [3.8, 4) is 5.75 Å². The highest BCUT2D eigenvalue weighted by molar-refractivity contribution is 6.31. The fourth-order valence-electron chi connectivity index (χ4n) is 2.69. The van der Waals surface area contributed by atoms with E-state index in [-0.39, 0.29) is 17.7 Å². The molecule has 1 N–H and O–H groups in total. The molecule has 0 spiro atoms. The lowest BCUT2D eigenvalue weighted by molar-refractivity contribution is 0.0948. The summed E-state index contributed by atoms with van der Waals surface area (Å²) in [4.78, 5) is 12.8. The highest BCUT2D eigenvalue weighted by atomic mass is 35.5. The molecule has 0 bridgehead atoms. The summed E-state index contributed by atoms with van der Waals surface area (Å²) < 4.78 is 5.91. The minimum Gasteiger partial charge on any atom is -0.493 e. The smallest absolute Gasteiger partial charge is 0.183 e. The molecule has 0 aromatic heterocycles. The van der Waals surface area contributed by atoms with Crippen molar-refractivity contribution >= 4 is 17.4 Å². The minimum absolute atomic E-state index is 0.100. The van der Waals surface area contributed by atoms with Gasteiger partial charge in [0.05, 0.1) is 18.2 Å². The number of nitrogens with one attached hydrogen (secondary N) is 1. The molecule has 116 valence electrons. The number of halogens is 1. The molecule has 1 atom stereocenters. The van der Waals surface area contributed by atoms with Gasteiger partial charge in [-0.25, -0.2) is 0 Å². The van der Waals surface area contributed by atoms with Crippen LogP contribution in [0.15, 0.2) is 12.1 Å². The molecule has 1 heterocycles. The summed E-state index contributed by atoms with van der Waals surface area (Å²) in [7, 11) is 0. The Balaban J connectivity index is 2.43. The van der Waals surface area contributed by atoms with Crippen LogP contribution >= 0.6 is 11.6 Å². The number of rotatable bonds is 6. The highest BCUT2D eigenvalue weighted by Gasteiger charge is 2.27. The maximum Gasteiger partial charge on any atom is 0.183 e. The monoisotopic (exact) mass is 309 g/mol. The summed E-state index contributed by atoms with van der Waals surface area (Å²) in [5.74, 6) is 1.08. The van der Waals surface area contributed by atoms with Crippen molar-refractivity contribution in [1.82, 2.24) is 5.32 Å². The SMILES string of the molecule is CCCOc1c(C(=O)C2CCCN2)cc(Cl)cc1C(C)C. The van der Waals surface area contributed by atoms with Gasteiger partial charge >= 0.3 is 0 Å². The number of hydrogen-bond donors (Lipinski definition) is 1. The van der Waals surface area contributed by atoms with E-state index in [9.17, 15) is 4.79 Å². The fourth-order valence-corrected chi connectivity index (χ4v) is 2.91. The second-order valence-corrected chi connectivity index (χ2v) is 6.32. The van der Waals surface area contributed by atoms with Crippen LogP contribution in [-0.4, -0.2) is 25.0 Å². The first-order valence-corrected chi connectivity index (χ1v) is 8.16. The largest absolute Gasteiger partial charge is 0.493 e. The van der Waals surface area contributed by atoms with E-state index in [1.165, 1.54) is 0 Å². The van der Waals surface area contributed by atoms with Crippen molar-refractivity contribution in [1.29, 1.82) is 0 Å². The molecule has 1 saturated heterocycles. The summed E-state index contributed by atoms with van der Waals surface area (Å²) in [5.41, 5.74) is 1.64. The van der Waals surface area contributed by atoms with Crippen LogP contribution in [0.4, 0.5) is 0 Å². The molecule has 0 saturated carbocycles. The molecular formula is C17H24ClNO2. The minimum atomic E-state index is -0.104. The van der Waals surface area contributed by atoms with Crippen molar-refractivity contribution in [3.05, 3.63) is 28.3 Å². The third kappa shape index (κ3) is 3.78. The predicted molar refractivity (Wildman–Crippen MR) is 86.7 cm³/mol. The van der Waals surface area contributed by atoms with Crippen LogP contribution in [-0.2, 0) is 0 Å². The highest BCUT2D eigenvalue weighted by Crippen LogP contribution is 2.35. The number of benzene rings is 1. The van der Waals surface area contributed by atoms with Gasteiger partial charge in [0.15, 0.2) is 5.78 Å². The molecule has 3 nitrogen and oxygen atoms in total. The van der Waals surface area contributed by atoms with Gasteiger partial charge in [0.2, 0.25) is 0 Å². The van der Waals surface area contributed by atoms with Crippen LogP contribution < -0.4 is 10.1 Å². The first-order chi connectivity index (χ1) is 10.0. The van der Waals surface area contributed by atoms with Gasteiger partial charge in [0.25, 0.3) is 0 Å². The summed E-state index contributed by atoms with van der Waals surface area (Å²) in [5, 5.41) is 3.86. The van der Waals surface area contributed by atoms with Crippen LogP contribution in [0.25, 0.3) is 0 Å². The number of carbonyl (C=O) groups excluding carboxylic acids is 1. The van der Waals surface area contributed by atoms with Crippen LogP contribution in [0.2, 0.25) is 5.02 Å². The molecule has 2 rings (SSSR count). The van der Waals surface area contributed by atoms with E-state index in [2.05, 4.69) is 26.1 Å². The van der Waals surface area contributed by atoms with E-state index in [0.29, 0.717) is 17.2 Å². The van der Waals surface area contributed by atoms with Gasteiger partial charge in [-0.05, 0) is 49.4 Å². The standard InChI is InChI=1S/C17H24ClNO2/c1-4-8-21-17-13(11(2)3)9-12(18)10-14(17)16(20)15-6-5-7-19-15/h9-11,15,19H,4-8H2,1-3H3. The van der Waals surface area contributed by atoms with E-state index < -0.39 is 0 Å². The Morgan fingerprint density at radius 2 is 2.24 bits per heavy atom. The summed E-state index contributed by atoms with van der Waals surface area (Å²) in [6.45, 7) is 7.75. The Morgan fingerprint density at radius 3 is 2.81 bits per heavy atom. The van der Waals surface area contributed by atoms with E-state index in [0.717, 1.165) is 37.1 Å². The molecule has 1 aliphatic heterocycles. The normalized spacial score (nSPS) is 18.2. The zero-order chi connectivity index (χ0) is 15.4. The Kier molecular flexibility index (Phi) is 5.65.